The fourth-order valence-electron chi connectivity index (χ4n) is 3.67. The lowest BCUT2D eigenvalue weighted by Crippen LogP contribution is -2.42. The first-order valence-electron chi connectivity index (χ1n) is 9.86. The molecule has 1 amide bonds. The number of fused-ring (bicyclic) bond motifs is 1. The molecule has 1 saturated heterocycles. The second-order valence-corrected chi connectivity index (χ2v) is 7.63. The van der Waals surface area contributed by atoms with E-state index in [4.69, 9.17) is 4.74 Å². The maximum absolute atomic E-state index is 12.9. The Kier molecular flexibility index (Phi) is 5.08. The minimum atomic E-state index is -0.318. The van der Waals surface area contributed by atoms with E-state index < -0.39 is 0 Å². The highest BCUT2D eigenvalue weighted by Crippen LogP contribution is 2.22. The number of aromatic nitrogens is 4. The van der Waals surface area contributed by atoms with E-state index in [2.05, 4.69) is 17.1 Å². The molecule has 8 nitrogen and oxygen atoms in total. The van der Waals surface area contributed by atoms with Crippen LogP contribution in [0.3, 0.4) is 0 Å². The molecule has 0 aliphatic carbocycles. The number of hydrogen-bond acceptors (Lipinski definition) is 5. The molecular weight excluding hydrogens is 370 g/mol. The zero-order valence-corrected chi connectivity index (χ0v) is 17.0. The lowest BCUT2D eigenvalue weighted by molar-refractivity contribution is -0.133. The van der Waals surface area contributed by atoms with Gasteiger partial charge in [0.05, 0.1) is 12.8 Å². The van der Waals surface area contributed by atoms with Gasteiger partial charge in [0.15, 0.2) is 0 Å². The Balaban J connectivity index is 1.63. The minimum absolute atomic E-state index is 0.0480. The van der Waals surface area contributed by atoms with E-state index in [1.54, 1.807) is 20.1 Å². The van der Waals surface area contributed by atoms with E-state index in [1.807, 2.05) is 29.2 Å². The van der Waals surface area contributed by atoms with Gasteiger partial charge in [-0.3, -0.25) is 9.59 Å². The number of likely N-dealkylation sites (tertiary alicyclic amines) is 1. The maximum Gasteiger partial charge on any atom is 0.293 e. The van der Waals surface area contributed by atoms with Crippen LogP contribution in [0.15, 0.2) is 35.1 Å². The molecular formula is C21H25N5O3. The van der Waals surface area contributed by atoms with E-state index in [9.17, 15) is 9.59 Å². The average Bonchev–Trinajstić information content (AvgIpc) is 3.19. The van der Waals surface area contributed by atoms with Crippen LogP contribution in [-0.2, 0) is 11.3 Å². The summed E-state index contributed by atoms with van der Waals surface area (Å²) in [6.45, 7) is 5.41. The number of carbonyl (C=O) groups excluding carboxylic acids is 1. The third kappa shape index (κ3) is 3.74. The summed E-state index contributed by atoms with van der Waals surface area (Å²) in [6.07, 6.45) is 2.00. The van der Waals surface area contributed by atoms with E-state index in [0.29, 0.717) is 23.0 Å². The van der Waals surface area contributed by atoms with Crippen molar-refractivity contribution >= 4 is 11.4 Å². The normalized spacial score (nSPS) is 15.1. The van der Waals surface area contributed by atoms with Crippen molar-refractivity contribution in [2.24, 2.45) is 5.92 Å². The van der Waals surface area contributed by atoms with Gasteiger partial charge in [-0.05, 0) is 56.0 Å². The summed E-state index contributed by atoms with van der Waals surface area (Å²) in [4.78, 5) is 27.4. The highest BCUT2D eigenvalue weighted by Gasteiger charge is 2.22. The Labute approximate surface area is 168 Å². The van der Waals surface area contributed by atoms with Gasteiger partial charge in [0.2, 0.25) is 5.91 Å². The first kappa shape index (κ1) is 19.2. The highest BCUT2D eigenvalue weighted by molar-refractivity contribution is 5.76. The molecule has 8 heteroatoms. The van der Waals surface area contributed by atoms with Gasteiger partial charge < -0.3 is 9.64 Å². The van der Waals surface area contributed by atoms with Crippen LogP contribution in [0.5, 0.6) is 5.75 Å². The third-order valence-corrected chi connectivity index (χ3v) is 5.54. The fraction of sp³-hybridized carbons (Fsp3) is 0.429. The number of nitrogens with zero attached hydrogens (tertiary/aromatic N) is 5. The summed E-state index contributed by atoms with van der Waals surface area (Å²) in [7, 11) is 1.61. The van der Waals surface area contributed by atoms with Gasteiger partial charge in [-0.2, -0.15) is 10.2 Å². The molecule has 0 unspecified atom stereocenters. The minimum Gasteiger partial charge on any atom is -0.497 e. The van der Waals surface area contributed by atoms with Crippen LogP contribution in [-0.4, -0.2) is 50.4 Å². The Morgan fingerprint density at radius 2 is 1.86 bits per heavy atom. The number of amides is 1. The lowest BCUT2D eigenvalue weighted by Gasteiger charge is -2.30. The van der Waals surface area contributed by atoms with Crippen molar-refractivity contribution < 1.29 is 9.53 Å². The SMILES string of the molecule is COc1ccc(-c2cc3c(=O)n(CC(=O)N4CCC(C)CC4)nc(C)n3n2)cc1. The van der Waals surface area contributed by atoms with E-state index in [0.717, 1.165) is 37.2 Å². The Morgan fingerprint density at radius 1 is 1.17 bits per heavy atom. The molecule has 3 heterocycles. The van der Waals surface area contributed by atoms with Gasteiger partial charge in [0.1, 0.15) is 23.6 Å². The third-order valence-electron chi connectivity index (χ3n) is 5.54. The molecule has 0 bridgehead atoms. The fourth-order valence-corrected chi connectivity index (χ4v) is 3.67. The van der Waals surface area contributed by atoms with Crippen molar-refractivity contribution in [1.82, 2.24) is 24.3 Å². The number of rotatable bonds is 4. The summed E-state index contributed by atoms with van der Waals surface area (Å²) in [5.41, 5.74) is 1.63. The van der Waals surface area contributed by atoms with Gasteiger partial charge in [-0.25, -0.2) is 9.20 Å². The molecule has 152 valence electrons. The van der Waals surface area contributed by atoms with Crippen LogP contribution in [0.25, 0.3) is 16.8 Å². The summed E-state index contributed by atoms with van der Waals surface area (Å²) < 4.78 is 7.97. The van der Waals surface area contributed by atoms with Crippen molar-refractivity contribution in [3.63, 3.8) is 0 Å². The highest BCUT2D eigenvalue weighted by atomic mass is 16.5. The summed E-state index contributed by atoms with van der Waals surface area (Å²) in [6, 6.07) is 9.22. The van der Waals surface area contributed by atoms with E-state index in [1.165, 1.54) is 9.20 Å². The zero-order valence-electron chi connectivity index (χ0n) is 17.0. The molecule has 0 radical (unpaired) electrons. The van der Waals surface area contributed by atoms with E-state index >= 15 is 0 Å². The van der Waals surface area contributed by atoms with Gasteiger partial charge in [-0.1, -0.05) is 6.92 Å². The van der Waals surface area contributed by atoms with Crippen molar-refractivity contribution in [2.75, 3.05) is 20.2 Å². The maximum atomic E-state index is 12.9. The number of ether oxygens (including phenoxy) is 1. The first-order valence-corrected chi connectivity index (χ1v) is 9.86. The van der Waals surface area contributed by atoms with Crippen molar-refractivity contribution in [3.8, 4) is 17.0 Å². The van der Waals surface area contributed by atoms with Crippen molar-refractivity contribution in [3.05, 3.63) is 46.5 Å². The molecule has 1 aliphatic heterocycles. The van der Waals surface area contributed by atoms with Crippen LogP contribution in [0, 0.1) is 12.8 Å². The molecule has 2 aromatic heterocycles. The van der Waals surface area contributed by atoms with Crippen LogP contribution < -0.4 is 10.3 Å². The Hall–Kier alpha value is -3.16. The average molecular weight is 395 g/mol. The van der Waals surface area contributed by atoms with E-state index in [-0.39, 0.29) is 18.0 Å². The number of aryl methyl sites for hydroxylation is 1. The molecule has 0 N–H and O–H groups in total. The van der Waals surface area contributed by atoms with Crippen LogP contribution in [0.1, 0.15) is 25.6 Å². The van der Waals surface area contributed by atoms with Gasteiger partial charge in [0, 0.05) is 18.7 Å². The quantitative estimate of drug-likeness (QED) is 0.676. The molecule has 29 heavy (non-hydrogen) atoms. The first-order chi connectivity index (χ1) is 14.0. The van der Waals surface area contributed by atoms with Gasteiger partial charge in [0.25, 0.3) is 5.56 Å². The molecule has 1 aliphatic rings. The standard InChI is InChI=1S/C21H25N5O3/c1-14-8-10-24(11-9-14)20(27)13-25-21(28)19-12-18(23-26(19)15(2)22-25)16-4-6-17(29-3)7-5-16/h4-7,12,14H,8-11,13H2,1-3H3. The Morgan fingerprint density at radius 3 is 2.52 bits per heavy atom. The molecule has 1 fully saturated rings. The largest absolute Gasteiger partial charge is 0.497 e. The van der Waals surface area contributed by atoms with Crippen molar-refractivity contribution in [1.29, 1.82) is 0 Å². The molecule has 0 spiro atoms. The monoisotopic (exact) mass is 395 g/mol. The molecule has 1 aromatic carbocycles. The number of carbonyl (C=O) groups is 1. The number of piperidine rings is 1. The second kappa shape index (κ2) is 7.69. The second-order valence-electron chi connectivity index (χ2n) is 7.63. The summed E-state index contributed by atoms with van der Waals surface area (Å²) >= 11 is 0. The van der Waals surface area contributed by atoms with Crippen LogP contribution in [0.4, 0.5) is 0 Å². The van der Waals surface area contributed by atoms with Crippen molar-refractivity contribution in [2.45, 2.75) is 33.2 Å². The lowest BCUT2D eigenvalue weighted by atomic mass is 9.99. The topological polar surface area (TPSA) is 81.7 Å². The predicted molar refractivity (Wildman–Crippen MR) is 109 cm³/mol. The molecule has 3 aromatic rings. The summed E-state index contributed by atoms with van der Waals surface area (Å²) in [5, 5.41) is 8.84. The van der Waals surface area contributed by atoms with Gasteiger partial charge >= 0.3 is 0 Å². The molecule has 0 saturated carbocycles. The van der Waals surface area contributed by atoms with Gasteiger partial charge in [-0.15, -0.1) is 0 Å². The van der Waals surface area contributed by atoms with Crippen LogP contribution in [0.2, 0.25) is 0 Å². The smallest absolute Gasteiger partial charge is 0.293 e. The molecule has 0 atom stereocenters. The number of hydrogen-bond donors (Lipinski definition) is 0. The summed E-state index contributed by atoms with van der Waals surface area (Å²) in [5.74, 6) is 1.88. The number of methoxy groups -OCH3 is 1. The Bertz CT molecular complexity index is 1090. The molecule has 4 rings (SSSR count). The zero-order chi connectivity index (χ0) is 20.5. The number of benzene rings is 1. The predicted octanol–water partition coefficient (Wildman–Crippen LogP) is 2.13. The van der Waals surface area contributed by atoms with Crippen LogP contribution >= 0.6 is 0 Å².